The summed E-state index contributed by atoms with van der Waals surface area (Å²) in [7, 11) is 0. The lowest BCUT2D eigenvalue weighted by atomic mass is 10.1. The molecule has 4 rings (SSSR count). The molecule has 2 aromatic carbocycles. The van der Waals surface area contributed by atoms with Crippen molar-refractivity contribution >= 4 is 40.9 Å². The van der Waals surface area contributed by atoms with Crippen LogP contribution in [-0.2, 0) is 9.47 Å². The van der Waals surface area contributed by atoms with Gasteiger partial charge in [-0.15, -0.1) is 0 Å². The number of likely N-dealkylation sites (tertiary alicyclic amines) is 2. The van der Waals surface area contributed by atoms with Gasteiger partial charge < -0.3 is 34.5 Å². The van der Waals surface area contributed by atoms with Crippen molar-refractivity contribution in [2.24, 2.45) is 4.99 Å². The Kier molecular flexibility index (Phi) is 10.0. The number of isothiocyanates is 1. The van der Waals surface area contributed by atoms with Gasteiger partial charge in [-0.2, -0.15) is 4.99 Å². The highest BCUT2D eigenvalue weighted by Crippen LogP contribution is 2.23. The Morgan fingerprint density at radius 3 is 1.50 bits per heavy atom. The lowest BCUT2D eigenvalue weighted by Crippen LogP contribution is -2.57. The Morgan fingerprint density at radius 2 is 1.15 bits per heavy atom. The molecule has 2 aliphatic heterocycles. The van der Waals surface area contributed by atoms with E-state index in [9.17, 15) is 9.59 Å². The zero-order valence-corrected chi connectivity index (χ0v) is 24.7. The molecule has 10 nitrogen and oxygen atoms in total. The van der Waals surface area contributed by atoms with Crippen LogP contribution in [0.1, 0.15) is 41.5 Å². The number of nitrogens with two attached hydrogens (primary N) is 1. The Bertz CT molecular complexity index is 1190. The van der Waals surface area contributed by atoms with Crippen LogP contribution in [0, 0.1) is 0 Å². The molecule has 2 amide bonds. The van der Waals surface area contributed by atoms with Gasteiger partial charge in [-0.05, 0) is 102 Å². The smallest absolute Gasteiger partial charge is 0.410 e. The molecule has 2 aromatic rings. The zero-order chi connectivity index (χ0) is 29.5. The fourth-order valence-electron chi connectivity index (χ4n) is 3.56. The Morgan fingerprint density at radius 1 is 0.775 bits per heavy atom. The van der Waals surface area contributed by atoms with Crippen LogP contribution >= 0.6 is 12.2 Å². The van der Waals surface area contributed by atoms with Crippen LogP contribution in [0.5, 0.6) is 11.5 Å². The van der Waals surface area contributed by atoms with Gasteiger partial charge in [0, 0.05) is 5.69 Å². The molecule has 0 aliphatic carbocycles. The van der Waals surface area contributed by atoms with Crippen molar-refractivity contribution in [3.8, 4) is 11.5 Å². The normalized spacial score (nSPS) is 15.3. The number of aliphatic imine (C=N–C) groups is 1. The predicted octanol–water partition coefficient (Wildman–Crippen LogP) is 5.69. The van der Waals surface area contributed by atoms with E-state index in [1.165, 1.54) is 0 Å². The van der Waals surface area contributed by atoms with E-state index in [0.29, 0.717) is 31.9 Å². The first-order valence-corrected chi connectivity index (χ1v) is 13.4. The molecule has 0 saturated carbocycles. The van der Waals surface area contributed by atoms with E-state index in [4.69, 9.17) is 24.7 Å². The second-order valence-electron chi connectivity index (χ2n) is 11.5. The summed E-state index contributed by atoms with van der Waals surface area (Å²) in [5.74, 6) is 1.51. The fraction of sp³-hybridized carbons (Fsp3) is 0.483. The van der Waals surface area contributed by atoms with E-state index in [-0.39, 0.29) is 24.4 Å². The minimum absolute atomic E-state index is 0.00242. The number of nitrogen functional groups attached to an aromatic ring is 1. The predicted molar refractivity (Wildman–Crippen MR) is 156 cm³/mol. The van der Waals surface area contributed by atoms with Crippen molar-refractivity contribution in [3.05, 3.63) is 48.5 Å². The topological polar surface area (TPSA) is 116 Å². The zero-order valence-electron chi connectivity index (χ0n) is 23.9. The molecule has 0 unspecified atom stereocenters. The van der Waals surface area contributed by atoms with Crippen molar-refractivity contribution in [2.75, 3.05) is 31.9 Å². The van der Waals surface area contributed by atoms with E-state index in [1.807, 2.05) is 65.8 Å². The second kappa shape index (κ2) is 13.0. The molecular weight excluding hydrogens is 532 g/mol. The third-order valence-corrected chi connectivity index (χ3v) is 5.59. The van der Waals surface area contributed by atoms with Gasteiger partial charge in [0.2, 0.25) is 0 Å². The summed E-state index contributed by atoms with van der Waals surface area (Å²) in [4.78, 5) is 30.6. The van der Waals surface area contributed by atoms with Crippen LogP contribution in [0.3, 0.4) is 0 Å². The summed E-state index contributed by atoms with van der Waals surface area (Å²) < 4.78 is 22.0. The first-order chi connectivity index (χ1) is 18.7. The van der Waals surface area contributed by atoms with Crippen molar-refractivity contribution in [1.29, 1.82) is 0 Å². The highest BCUT2D eigenvalue weighted by molar-refractivity contribution is 7.78. The van der Waals surface area contributed by atoms with Gasteiger partial charge in [0.15, 0.2) is 0 Å². The van der Waals surface area contributed by atoms with Gasteiger partial charge in [-0.3, -0.25) is 0 Å². The highest BCUT2D eigenvalue weighted by atomic mass is 32.1. The molecule has 2 aliphatic rings. The summed E-state index contributed by atoms with van der Waals surface area (Å²) in [6.07, 6.45) is -0.564. The summed E-state index contributed by atoms with van der Waals surface area (Å²) in [6, 6.07) is 14.5. The number of amides is 2. The maximum Gasteiger partial charge on any atom is 0.410 e. The standard InChI is InChI=1S/C15H18N2O3S.C14H20N2O3/c1-15(2,3)20-14(18)17-8-13(9-17)19-12-6-4-11(5-7-12)16-10-21;1-14(2,3)19-13(17)16-8-12(9-16)18-11-6-4-10(15)5-7-11/h4-7,13H,8-9H2,1-3H3;4-7,12H,8-9,15H2,1-3H3. The van der Waals surface area contributed by atoms with Gasteiger partial charge in [0.05, 0.1) is 37.0 Å². The molecule has 0 radical (unpaired) electrons. The molecular formula is C29H38N4O6S. The Labute approximate surface area is 241 Å². The first-order valence-electron chi connectivity index (χ1n) is 13.0. The number of benzene rings is 2. The van der Waals surface area contributed by atoms with Gasteiger partial charge in [0.25, 0.3) is 0 Å². The fourth-order valence-corrected chi connectivity index (χ4v) is 3.67. The van der Waals surface area contributed by atoms with Crippen molar-refractivity contribution in [2.45, 2.75) is 65.0 Å². The van der Waals surface area contributed by atoms with E-state index < -0.39 is 11.2 Å². The van der Waals surface area contributed by atoms with E-state index in [1.54, 1.807) is 34.1 Å². The molecule has 0 bridgehead atoms. The van der Waals surface area contributed by atoms with Crippen LogP contribution in [0.4, 0.5) is 21.0 Å². The third-order valence-electron chi connectivity index (χ3n) is 5.50. The molecule has 0 atom stereocenters. The number of hydrogen-bond donors (Lipinski definition) is 1. The minimum Gasteiger partial charge on any atom is -0.487 e. The van der Waals surface area contributed by atoms with E-state index in [2.05, 4.69) is 22.4 Å². The molecule has 216 valence electrons. The Hall–Kier alpha value is -3.82. The monoisotopic (exact) mass is 570 g/mol. The van der Waals surface area contributed by atoms with E-state index in [0.717, 1.165) is 17.2 Å². The van der Waals surface area contributed by atoms with Crippen LogP contribution in [0.15, 0.2) is 53.5 Å². The maximum absolute atomic E-state index is 11.8. The average Bonchev–Trinajstić information content (AvgIpc) is 2.78. The molecule has 2 fully saturated rings. The SMILES string of the molecule is CC(C)(C)OC(=O)N1CC(Oc2ccc(N)cc2)C1.CC(C)(C)OC(=O)N1CC(Oc2ccc(N=C=S)cc2)C1. The van der Waals surface area contributed by atoms with Crippen LogP contribution in [0.25, 0.3) is 0 Å². The lowest BCUT2D eigenvalue weighted by Gasteiger charge is -2.39. The molecule has 0 aromatic heterocycles. The summed E-state index contributed by atoms with van der Waals surface area (Å²) >= 11 is 4.54. The second-order valence-corrected chi connectivity index (χ2v) is 11.7. The average molecular weight is 571 g/mol. The van der Waals surface area contributed by atoms with Gasteiger partial charge >= 0.3 is 12.2 Å². The van der Waals surface area contributed by atoms with Crippen LogP contribution < -0.4 is 15.2 Å². The lowest BCUT2D eigenvalue weighted by molar-refractivity contribution is -0.0225. The number of hydrogen-bond acceptors (Lipinski definition) is 9. The maximum atomic E-state index is 11.8. The van der Waals surface area contributed by atoms with Crippen molar-refractivity contribution in [1.82, 2.24) is 9.80 Å². The van der Waals surface area contributed by atoms with Gasteiger partial charge in [0.1, 0.15) is 34.9 Å². The highest BCUT2D eigenvalue weighted by Gasteiger charge is 2.36. The number of rotatable bonds is 5. The summed E-state index contributed by atoms with van der Waals surface area (Å²) in [5, 5.41) is 2.31. The number of thiocarbonyl (C=S) groups is 1. The number of ether oxygens (including phenoxy) is 4. The van der Waals surface area contributed by atoms with Crippen LogP contribution in [0.2, 0.25) is 0 Å². The first kappa shape index (κ1) is 30.7. The molecule has 40 heavy (non-hydrogen) atoms. The summed E-state index contributed by atoms with van der Waals surface area (Å²) in [5.41, 5.74) is 6.11. The number of carbonyl (C=O) groups is 2. The van der Waals surface area contributed by atoms with Gasteiger partial charge in [-0.1, -0.05) is 0 Å². The number of nitrogens with zero attached hydrogens (tertiary/aromatic N) is 3. The minimum atomic E-state index is -0.471. The molecule has 11 heteroatoms. The quantitative estimate of drug-likeness (QED) is 0.277. The number of carbonyl (C=O) groups excluding carboxylic acids is 2. The molecule has 2 heterocycles. The number of anilines is 1. The van der Waals surface area contributed by atoms with Gasteiger partial charge in [-0.25, -0.2) is 9.59 Å². The third kappa shape index (κ3) is 10.1. The van der Waals surface area contributed by atoms with E-state index >= 15 is 0 Å². The molecule has 2 N–H and O–H groups in total. The van der Waals surface area contributed by atoms with Crippen LogP contribution in [-0.4, -0.2) is 76.7 Å². The van der Waals surface area contributed by atoms with Crippen molar-refractivity contribution in [3.63, 3.8) is 0 Å². The Balaban J connectivity index is 0.000000222. The summed E-state index contributed by atoms with van der Waals surface area (Å²) in [6.45, 7) is 13.3. The molecule has 0 spiro atoms. The van der Waals surface area contributed by atoms with Crippen molar-refractivity contribution < 1.29 is 28.5 Å². The largest absolute Gasteiger partial charge is 0.487 e. The molecule has 2 saturated heterocycles.